The Hall–Kier alpha value is -3.81. The fraction of sp³-hybridized carbons (Fsp3) is 0.190. The van der Waals surface area contributed by atoms with Crippen LogP contribution in [0, 0.1) is 0 Å². The van der Waals surface area contributed by atoms with E-state index < -0.39 is 0 Å². The van der Waals surface area contributed by atoms with Gasteiger partial charge in [0.1, 0.15) is 0 Å². The van der Waals surface area contributed by atoms with E-state index in [2.05, 4.69) is 25.6 Å². The topological polar surface area (TPSA) is 98.7 Å². The first-order valence-electron chi connectivity index (χ1n) is 9.36. The molecule has 0 bridgehead atoms. The van der Waals surface area contributed by atoms with Crippen LogP contribution in [0.25, 0.3) is 11.5 Å². The minimum Gasteiger partial charge on any atom is -0.421 e. The van der Waals surface area contributed by atoms with Crippen LogP contribution in [0.2, 0.25) is 0 Å². The molecular formula is C21H20N6O2. The molecule has 4 rings (SSSR count). The maximum Gasteiger partial charge on any atom is 0.247 e. The highest BCUT2D eigenvalue weighted by Crippen LogP contribution is 2.17. The summed E-state index contributed by atoms with van der Waals surface area (Å²) >= 11 is 0. The van der Waals surface area contributed by atoms with Crippen molar-refractivity contribution in [2.24, 2.45) is 0 Å². The van der Waals surface area contributed by atoms with Crippen LogP contribution in [0.4, 0.5) is 5.82 Å². The number of nitrogens with zero attached hydrogens (tertiary/aromatic N) is 5. The lowest BCUT2D eigenvalue weighted by molar-refractivity contribution is -0.116. The maximum atomic E-state index is 12.2. The van der Waals surface area contributed by atoms with Gasteiger partial charge in [0.15, 0.2) is 5.82 Å². The third-order valence-electron chi connectivity index (χ3n) is 4.28. The number of hydrogen-bond acceptors (Lipinski definition) is 6. The lowest BCUT2D eigenvalue weighted by Crippen LogP contribution is -2.12. The van der Waals surface area contributed by atoms with Crippen molar-refractivity contribution in [2.45, 2.75) is 25.8 Å². The fourth-order valence-electron chi connectivity index (χ4n) is 2.85. The summed E-state index contributed by atoms with van der Waals surface area (Å²) in [7, 11) is 0. The van der Waals surface area contributed by atoms with E-state index in [1.807, 2.05) is 48.7 Å². The number of amides is 1. The van der Waals surface area contributed by atoms with Crippen molar-refractivity contribution in [1.29, 1.82) is 0 Å². The smallest absolute Gasteiger partial charge is 0.247 e. The summed E-state index contributed by atoms with van der Waals surface area (Å²) in [6.45, 7) is 0.624. The Morgan fingerprint density at radius 1 is 1.03 bits per heavy atom. The molecule has 146 valence electrons. The number of hydrogen-bond donors (Lipinski definition) is 1. The molecule has 0 spiro atoms. The number of benzene rings is 1. The van der Waals surface area contributed by atoms with Crippen LogP contribution < -0.4 is 5.32 Å². The van der Waals surface area contributed by atoms with Gasteiger partial charge in [0.05, 0.1) is 6.54 Å². The maximum absolute atomic E-state index is 12.2. The molecule has 29 heavy (non-hydrogen) atoms. The lowest BCUT2D eigenvalue weighted by atomic mass is 10.2. The second-order valence-corrected chi connectivity index (χ2v) is 6.52. The largest absolute Gasteiger partial charge is 0.421 e. The number of aromatic nitrogens is 5. The molecule has 0 aliphatic carbocycles. The van der Waals surface area contributed by atoms with E-state index in [1.165, 1.54) is 0 Å². The summed E-state index contributed by atoms with van der Waals surface area (Å²) < 4.78 is 7.43. The molecule has 0 unspecified atom stereocenters. The van der Waals surface area contributed by atoms with E-state index in [1.54, 1.807) is 23.1 Å². The van der Waals surface area contributed by atoms with Crippen LogP contribution in [0.1, 0.15) is 24.3 Å². The summed E-state index contributed by atoms with van der Waals surface area (Å²) in [5.74, 6) is 1.46. The SMILES string of the molecule is O=C(CCCc1nnc(-c2ccccc2)o1)Nc1ccn(Cc2ccncc2)n1. The van der Waals surface area contributed by atoms with E-state index in [9.17, 15) is 4.79 Å². The first-order chi connectivity index (χ1) is 14.3. The fourth-order valence-corrected chi connectivity index (χ4v) is 2.85. The summed E-state index contributed by atoms with van der Waals surface area (Å²) in [5, 5.41) is 15.3. The van der Waals surface area contributed by atoms with Gasteiger partial charge in [0.25, 0.3) is 0 Å². The number of rotatable bonds is 8. The van der Waals surface area contributed by atoms with Crippen molar-refractivity contribution < 1.29 is 9.21 Å². The van der Waals surface area contributed by atoms with Crippen LogP contribution in [-0.4, -0.2) is 30.9 Å². The molecule has 0 saturated carbocycles. The van der Waals surface area contributed by atoms with Crippen molar-refractivity contribution in [2.75, 3.05) is 5.32 Å². The molecule has 8 nitrogen and oxygen atoms in total. The zero-order valence-electron chi connectivity index (χ0n) is 15.7. The zero-order chi connectivity index (χ0) is 19.9. The minimum absolute atomic E-state index is 0.0954. The van der Waals surface area contributed by atoms with Gasteiger partial charge < -0.3 is 9.73 Å². The average Bonchev–Trinajstić information content (AvgIpc) is 3.39. The second kappa shape index (κ2) is 8.92. The Morgan fingerprint density at radius 2 is 1.86 bits per heavy atom. The van der Waals surface area contributed by atoms with Gasteiger partial charge in [0, 0.05) is 43.1 Å². The molecule has 3 aromatic heterocycles. The average molecular weight is 388 g/mol. The number of pyridine rings is 1. The Bertz CT molecular complexity index is 1060. The van der Waals surface area contributed by atoms with Crippen molar-refractivity contribution in [3.8, 4) is 11.5 Å². The molecule has 8 heteroatoms. The normalized spacial score (nSPS) is 10.8. The quantitative estimate of drug-likeness (QED) is 0.497. The van der Waals surface area contributed by atoms with Crippen LogP contribution >= 0.6 is 0 Å². The van der Waals surface area contributed by atoms with Gasteiger partial charge in [-0.3, -0.25) is 14.5 Å². The van der Waals surface area contributed by atoms with E-state index in [4.69, 9.17) is 4.42 Å². The first-order valence-corrected chi connectivity index (χ1v) is 9.36. The van der Waals surface area contributed by atoms with Crippen molar-refractivity contribution in [3.05, 3.63) is 78.6 Å². The molecule has 0 saturated heterocycles. The Labute approximate surface area is 167 Å². The standard InChI is InChI=1S/C21H20N6O2/c28-19(23-18-11-14-27(26-18)15-16-9-12-22-13-10-16)7-4-8-20-24-25-21(29-20)17-5-2-1-3-6-17/h1-3,5-6,9-14H,4,7-8,15H2,(H,23,26,28). The van der Waals surface area contributed by atoms with Crippen LogP contribution in [0.15, 0.2) is 71.5 Å². The highest BCUT2D eigenvalue weighted by atomic mass is 16.4. The third kappa shape index (κ3) is 5.13. The molecule has 0 aliphatic rings. The first kappa shape index (κ1) is 18.5. The molecule has 1 amide bonds. The lowest BCUT2D eigenvalue weighted by Gasteiger charge is -2.02. The zero-order valence-corrected chi connectivity index (χ0v) is 15.7. The Balaban J connectivity index is 1.23. The highest BCUT2D eigenvalue weighted by molar-refractivity contribution is 5.89. The highest BCUT2D eigenvalue weighted by Gasteiger charge is 2.10. The molecule has 0 fully saturated rings. The molecule has 0 aliphatic heterocycles. The van der Waals surface area contributed by atoms with E-state index in [0.29, 0.717) is 43.4 Å². The summed E-state index contributed by atoms with van der Waals surface area (Å²) in [6.07, 6.45) is 6.82. The predicted molar refractivity (Wildman–Crippen MR) is 107 cm³/mol. The van der Waals surface area contributed by atoms with Crippen LogP contribution in [0.3, 0.4) is 0 Å². The van der Waals surface area contributed by atoms with E-state index >= 15 is 0 Å². The van der Waals surface area contributed by atoms with Gasteiger partial charge in [-0.2, -0.15) is 5.10 Å². The predicted octanol–water partition coefficient (Wildman–Crippen LogP) is 3.34. The Morgan fingerprint density at radius 3 is 2.69 bits per heavy atom. The van der Waals surface area contributed by atoms with Gasteiger partial charge in [-0.15, -0.1) is 10.2 Å². The molecular weight excluding hydrogens is 368 g/mol. The van der Waals surface area contributed by atoms with Gasteiger partial charge in [-0.05, 0) is 36.2 Å². The van der Waals surface area contributed by atoms with E-state index in [0.717, 1.165) is 11.1 Å². The Kier molecular flexibility index (Phi) is 5.70. The molecule has 0 radical (unpaired) electrons. The van der Waals surface area contributed by atoms with Gasteiger partial charge in [0.2, 0.25) is 17.7 Å². The molecule has 4 aromatic rings. The molecule has 1 aromatic carbocycles. The number of nitrogens with one attached hydrogen (secondary N) is 1. The van der Waals surface area contributed by atoms with Gasteiger partial charge in [-0.1, -0.05) is 18.2 Å². The van der Waals surface area contributed by atoms with Crippen molar-refractivity contribution >= 4 is 11.7 Å². The van der Waals surface area contributed by atoms with Crippen LogP contribution in [-0.2, 0) is 17.8 Å². The van der Waals surface area contributed by atoms with E-state index in [-0.39, 0.29) is 5.91 Å². The summed E-state index contributed by atoms with van der Waals surface area (Å²) in [6, 6.07) is 15.2. The second-order valence-electron chi connectivity index (χ2n) is 6.52. The van der Waals surface area contributed by atoms with Crippen molar-refractivity contribution in [1.82, 2.24) is 25.0 Å². The summed E-state index contributed by atoms with van der Waals surface area (Å²) in [4.78, 5) is 16.2. The third-order valence-corrected chi connectivity index (χ3v) is 4.28. The van der Waals surface area contributed by atoms with Gasteiger partial charge >= 0.3 is 0 Å². The van der Waals surface area contributed by atoms with Crippen LogP contribution in [0.5, 0.6) is 0 Å². The molecule has 1 N–H and O–H groups in total. The van der Waals surface area contributed by atoms with Crippen molar-refractivity contribution in [3.63, 3.8) is 0 Å². The molecule has 0 atom stereocenters. The monoisotopic (exact) mass is 388 g/mol. The minimum atomic E-state index is -0.0954. The van der Waals surface area contributed by atoms with Gasteiger partial charge in [-0.25, -0.2) is 0 Å². The number of carbonyl (C=O) groups excluding carboxylic acids is 1. The number of anilines is 1. The molecule has 3 heterocycles. The number of carbonyl (C=O) groups is 1. The summed E-state index contributed by atoms with van der Waals surface area (Å²) in [5.41, 5.74) is 1.97. The number of aryl methyl sites for hydroxylation is 1.